The molecule has 0 spiro atoms. The van der Waals surface area contributed by atoms with E-state index in [1.807, 2.05) is 5.38 Å². The Morgan fingerprint density at radius 2 is 1.93 bits per heavy atom. The highest BCUT2D eigenvalue weighted by molar-refractivity contribution is 7.15. The molecule has 0 radical (unpaired) electrons. The van der Waals surface area contributed by atoms with Crippen LogP contribution in [-0.4, -0.2) is 31.1 Å². The Labute approximate surface area is 165 Å². The van der Waals surface area contributed by atoms with E-state index in [9.17, 15) is 14.4 Å². The van der Waals surface area contributed by atoms with Gasteiger partial charge in [0.2, 0.25) is 0 Å². The zero-order valence-electron chi connectivity index (χ0n) is 14.6. The molecule has 1 amide bonds. The number of halogens is 1. The second kappa shape index (κ2) is 8.54. The van der Waals surface area contributed by atoms with Gasteiger partial charge in [-0.25, -0.2) is 9.59 Å². The zero-order valence-corrected chi connectivity index (χ0v) is 16.2. The van der Waals surface area contributed by atoms with Gasteiger partial charge >= 0.3 is 11.9 Å². The second-order valence-electron chi connectivity index (χ2n) is 5.99. The molecule has 27 heavy (non-hydrogen) atoms. The number of esters is 2. The lowest BCUT2D eigenvalue weighted by molar-refractivity contribution is -0.119. The lowest BCUT2D eigenvalue weighted by Gasteiger charge is -2.09. The summed E-state index contributed by atoms with van der Waals surface area (Å²) in [5.74, 6) is -1.34. The summed E-state index contributed by atoms with van der Waals surface area (Å²) in [6.07, 6.45) is 2.04. The van der Waals surface area contributed by atoms with Gasteiger partial charge in [-0.15, -0.1) is 11.3 Å². The van der Waals surface area contributed by atoms with Crippen LogP contribution in [0.3, 0.4) is 0 Å². The van der Waals surface area contributed by atoms with Crippen molar-refractivity contribution in [3.8, 4) is 0 Å². The van der Waals surface area contributed by atoms with Gasteiger partial charge in [0.05, 0.1) is 22.8 Å². The summed E-state index contributed by atoms with van der Waals surface area (Å²) in [6.45, 7) is 1.50. The van der Waals surface area contributed by atoms with Crippen LogP contribution in [0.4, 0.5) is 5.00 Å². The Morgan fingerprint density at radius 3 is 2.59 bits per heavy atom. The number of hydrogen-bond acceptors (Lipinski definition) is 6. The molecule has 0 saturated heterocycles. The van der Waals surface area contributed by atoms with Crippen molar-refractivity contribution in [2.75, 3.05) is 18.5 Å². The maximum atomic E-state index is 12.3. The lowest BCUT2D eigenvalue weighted by Crippen LogP contribution is -2.22. The van der Waals surface area contributed by atoms with Crippen LogP contribution in [0, 0.1) is 0 Å². The number of rotatable bonds is 7. The van der Waals surface area contributed by atoms with E-state index >= 15 is 0 Å². The van der Waals surface area contributed by atoms with Gasteiger partial charge in [0.1, 0.15) is 5.00 Å². The van der Waals surface area contributed by atoms with E-state index in [0.717, 1.165) is 18.4 Å². The average molecular weight is 408 g/mol. The van der Waals surface area contributed by atoms with Crippen LogP contribution < -0.4 is 5.32 Å². The van der Waals surface area contributed by atoms with Gasteiger partial charge < -0.3 is 14.8 Å². The molecule has 0 atom stereocenters. The third-order valence-corrected chi connectivity index (χ3v) is 5.24. The highest BCUT2D eigenvalue weighted by Crippen LogP contribution is 2.46. The predicted octanol–water partition coefficient (Wildman–Crippen LogP) is 4.25. The number of amides is 1. The van der Waals surface area contributed by atoms with E-state index < -0.39 is 24.5 Å². The summed E-state index contributed by atoms with van der Waals surface area (Å²) < 4.78 is 10.1. The van der Waals surface area contributed by atoms with E-state index in [0.29, 0.717) is 16.5 Å². The van der Waals surface area contributed by atoms with Crippen LogP contribution in [0.15, 0.2) is 29.6 Å². The third kappa shape index (κ3) is 4.67. The van der Waals surface area contributed by atoms with Gasteiger partial charge in [0, 0.05) is 0 Å². The fourth-order valence-corrected chi connectivity index (χ4v) is 3.83. The van der Waals surface area contributed by atoms with Crippen molar-refractivity contribution in [2.24, 2.45) is 0 Å². The van der Waals surface area contributed by atoms with Crippen LogP contribution in [0.1, 0.15) is 52.0 Å². The molecule has 1 aromatic carbocycles. The molecule has 1 N–H and O–H groups in total. The molecule has 8 heteroatoms. The van der Waals surface area contributed by atoms with Crippen molar-refractivity contribution in [1.82, 2.24) is 0 Å². The van der Waals surface area contributed by atoms with Crippen LogP contribution >= 0.6 is 22.9 Å². The Kier molecular flexibility index (Phi) is 6.13. The number of ether oxygens (including phenoxy) is 2. The number of nitrogens with one attached hydrogen (secondary N) is 1. The zero-order chi connectivity index (χ0) is 19.4. The molecular weight excluding hydrogens is 390 g/mol. The van der Waals surface area contributed by atoms with E-state index in [1.165, 1.54) is 17.4 Å². The van der Waals surface area contributed by atoms with Crippen molar-refractivity contribution >= 4 is 45.8 Å². The number of carbonyl (C=O) groups excluding carboxylic acids is 3. The van der Waals surface area contributed by atoms with Crippen molar-refractivity contribution in [3.63, 3.8) is 0 Å². The first-order valence-corrected chi connectivity index (χ1v) is 9.77. The highest BCUT2D eigenvalue weighted by atomic mass is 35.5. The topological polar surface area (TPSA) is 81.7 Å². The van der Waals surface area contributed by atoms with Crippen molar-refractivity contribution in [2.45, 2.75) is 25.7 Å². The minimum absolute atomic E-state index is 0.186. The number of benzene rings is 1. The van der Waals surface area contributed by atoms with Crippen molar-refractivity contribution in [1.29, 1.82) is 0 Å². The van der Waals surface area contributed by atoms with Crippen LogP contribution in [-0.2, 0) is 14.3 Å². The van der Waals surface area contributed by atoms with Gasteiger partial charge in [0.25, 0.3) is 5.91 Å². The first kappa shape index (κ1) is 19.4. The predicted molar refractivity (Wildman–Crippen MR) is 103 cm³/mol. The molecule has 142 valence electrons. The molecule has 1 heterocycles. The minimum atomic E-state index is -0.689. The summed E-state index contributed by atoms with van der Waals surface area (Å²) in [5.41, 5.74) is 1.49. The van der Waals surface area contributed by atoms with E-state index in [2.05, 4.69) is 5.32 Å². The van der Waals surface area contributed by atoms with Crippen molar-refractivity contribution < 1.29 is 23.9 Å². The molecule has 0 bridgehead atoms. The monoisotopic (exact) mass is 407 g/mol. The standard InChI is InChI=1S/C19H18ClNO5S/c1-2-25-19(24)16-13(11-7-8-11)10-27-17(16)21-15(22)9-26-18(23)12-5-3-4-6-14(12)20/h3-6,10-11H,2,7-9H2,1H3,(H,21,22). The van der Waals surface area contributed by atoms with Gasteiger partial charge in [0.15, 0.2) is 6.61 Å². The maximum absolute atomic E-state index is 12.3. The van der Waals surface area contributed by atoms with Gasteiger partial charge in [-0.2, -0.15) is 0 Å². The van der Waals surface area contributed by atoms with E-state index in [-0.39, 0.29) is 17.2 Å². The Morgan fingerprint density at radius 1 is 1.19 bits per heavy atom. The number of hydrogen-bond donors (Lipinski definition) is 1. The molecule has 1 fully saturated rings. The van der Waals surface area contributed by atoms with Crippen LogP contribution in [0.2, 0.25) is 5.02 Å². The van der Waals surface area contributed by atoms with E-state index in [1.54, 1.807) is 25.1 Å². The summed E-state index contributed by atoms with van der Waals surface area (Å²) in [6, 6.07) is 6.42. The molecule has 1 aromatic heterocycles. The molecule has 1 aliphatic carbocycles. The summed E-state index contributed by atoms with van der Waals surface area (Å²) >= 11 is 7.20. The first-order chi connectivity index (χ1) is 13.0. The minimum Gasteiger partial charge on any atom is -0.462 e. The largest absolute Gasteiger partial charge is 0.462 e. The fourth-order valence-electron chi connectivity index (χ4n) is 2.57. The molecule has 1 aliphatic rings. The quantitative estimate of drug-likeness (QED) is 0.694. The molecule has 1 saturated carbocycles. The Hall–Kier alpha value is -2.38. The smallest absolute Gasteiger partial charge is 0.341 e. The molecule has 0 unspecified atom stereocenters. The SMILES string of the molecule is CCOC(=O)c1c(C2CC2)csc1NC(=O)COC(=O)c1ccccc1Cl. The fraction of sp³-hybridized carbons (Fsp3) is 0.316. The van der Waals surface area contributed by atoms with Crippen molar-refractivity contribution in [3.05, 3.63) is 51.4 Å². The third-order valence-electron chi connectivity index (χ3n) is 4.00. The normalized spacial score (nSPS) is 13.1. The molecular formula is C19H18ClNO5S. The lowest BCUT2D eigenvalue weighted by atomic mass is 10.1. The summed E-state index contributed by atoms with van der Waals surface area (Å²) in [7, 11) is 0. The molecule has 3 rings (SSSR count). The van der Waals surface area contributed by atoms with Crippen LogP contribution in [0.25, 0.3) is 0 Å². The Balaban J connectivity index is 1.65. The van der Waals surface area contributed by atoms with E-state index in [4.69, 9.17) is 21.1 Å². The Bertz CT molecular complexity index is 875. The first-order valence-electron chi connectivity index (χ1n) is 8.51. The van der Waals surface area contributed by atoms with Gasteiger partial charge in [-0.1, -0.05) is 23.7 Å². The molecule has 6 nitrogen and oxygen atoms in total. The molecule has 2 aromatic rings. The maximum Gasteiger partial charge on any atom is 0.341 e. The number of thiophene rings is 1. The summed E-state index contributed by atoms with van der Waals surface area (Å²) in [5, 5.41) is 5.17. The average Bonchev–Trinajstić information content (AvgIpc) is 3.41. The second-order valence-corrected chi connectivity index (χ2v) is 7.28. The summed E-state index contributed by atoms with van der Waals surface area (Å²) in [4.78, 5) is 36.5. The molecule has 0 aliphatic heterocycles. The van der Waals surface area contributed by atoms with Gasteiger partial charge in [-0.3, -0.25) is 4.79 Å². The number of carbonyl (C=O) groups is 3. The van der Waals surface area contributed by atoms with Gasteiger partial charge in [-0.05, 0) is 48.8 Å². The van der Waals surface area contributed by atoms with Crippen LogP contribution in [0.5, 0.6) is 0 Å². The number of anilines is 1. The highest BCUT2D eigenvalue weighted by Gasteiger charge is 2.32.